The highest BCUT2D eigenvalue weighted by Gasteiger charge is 2.33. The molecule has 2 atom stereocenters. The van der Waals surface area contributed by atoms with Crippen molar-refractivity contribution in [2.45, 2.75) is 40.0 Å². The van der Waals surface area contributed by atoms with Crippen molar-refractivity contribution < 1.29 is 19.4 Å². The molecular formula is C24H26ClNO4. The fraction of sp³-hybridized carbons (Fsp3) is 0.333. The lowest BCUT2D eigenvalue weighted by molar-refractivity contribution is -0.140. The maximum absolute atomic E-state index is 13.4. The van der Waals surface area contributed by atoms with Crippen LogP contribution in [-0.4, -0.2) is 28.7 Å². The Kier molecular flexibility index (Phi) is 6.22. The van der Waals surface area contributed by atoms with Crippen LogP contribution in [0.5, 0.6) is 5.75 Å². The molecule has 1 N–H and O–H groups in total. The van der Waals surface area contributed by atoms with E-state index in [1.54, 1.807) is 35.8 Å². The average molecular weight is 428 g/mol. The number of nitrogens with zero attached hydrogens (tertiary/aromatic N) is 1. The number of aliphatic carboxylic acids is 1. The van der Waals surface area contributed by atoms with Crippen LogP contribution >= 0.6 is 11.6 Å². The van der Waals surface area contributed by atoms with Gasteiger partial charge in [0.25, 0.3) is 5.91 Å². The van der Waals surface area contributed by atoms with Crippen LogP contribution in [0.15, 0.2) is 36.4 Å². The number of carboxylic acid groups (broad SMARTS) is 1. The number of rotatable bonds is 6. The molecule has 0 radical (unpaired) electrons. The number of hydrogen-bond acceptors (Lipinski definition) is 3. The van der Waals surface area contributed by atoms with Crippen LogP contribution in [0.2, 0.25) is 5.02 Å². The average Bonchev–Trinajstić information content (AvgIpc) is 2.98. The highest BCUT2D eigenvalue weighted by atomic mass is 35.5. The van der Waals surface area contributed by atoms with E-state index < -0.39 is 11.9 Å². The van der Waals surface area contributed by atoms with Gasteiger partial charge in [-0.2, -0.15) is 0 Å². The number of hydrogen-bond donors (Lipinski definition) is 1. The minimum atomic E-state index is -0.914. The molecule has 0 aliphatic rings. The minimum Gasteiger partial charge on any atom is -0.495 e. The van der Waals surface area contributed by atoms with E-state index in [9.17, 15) is 14.7 Å². The number of ether oxygens (including phenoxy) is 1. The van der Waals surface area contributed by atoms with E-state index in [1.165, 1.54) is 7.11 Å². The van der Waals surface area contributed by atoms with Crippen molar-refractivity contribution in [1.29, 1.82) is 0 Å². The van der Waals surface area contributed by atoms with Crippen molar-refractivity contribution in [3.63, 3.8) is 0 Å². The second kappa shape index (κ2) is 8.52. The predicted molar refractivity (Wildman–Crippen MR) is 119 cm³/mol. The lowest BCUT2D eigenvalue weighted by Crippen LogP contribution is -2.21. The first-order valence-corrected chi connectivity index (χ1v) is 10.3. The highest BCUT2D eigenvalue weighted by molar-refractivity contribution is 6.33. The van der Waals surface area contributed by atoms with Crippen molar-refractivity contribution in [3.05, 3.63) is 63.8 Å². The maximum atomic E-state index is 13.4. The number of aromatic nitrogens is 1. The molecule has 0 bridgehead atoms. The standard InChI is InChI=1S/C24H26ClNO4/c1-6-14(3)21(24(28)29)22-15(4)26(23(27)16-9-7-13(2)8-10-16)19-12-18(25)20(30-5)11-17(19)22/h7-12,14,21H,6H2,1-5H3,(H,28,29)/t14-,21?/m1/s1. The van der Waals surface area contributed by atoms with E-state index in [-0.39, 0.29) is 11.8 Å². The number of methoxy groups -OCH3 is 1. The first-order chi connectivity index (χ1) is 14.2. The topological polar surface area (TPSA) is 68.5 Å². The number of fused-ring (bicyclic) bond motifs is 1. The molecule has 0 saturated heterocycles. The summed E-state index contributed by atoms with van der Waals surface area (Å²) in [5, 5.41) is 11.1. The molecule has 0 aliphatic heterocycles. The molecule has 0 amide bonds. The van der Waals surface area contributed by atoms with E-state index >= 15 is 0 Å². The van der Waals surface area contributed by atoms with Gasteiger partial charge in [-0.15, -0.1) is 0 Å². The van der Waals surface area contributed by atoms with Crippen LogP contribution in [0.3, 0.4) is 0 Å². The van der Waals surface area contributed by atoms with Crippen LogP contribution in [0.4, 0.5) is 0 Å². The Labute approximate surface area is 181 Å². The summed E-state index contributed by atoms with van der Waals surface area (Å²) in [5.74, 6) is -1.56. The van der Waals surface area contributed by atoms with Gasteiger partial charge in [0.15, 0.2) is 0 Å². The second-order valence-corrected chi connectivity index (χ2v) is 8.12. The number of halogens is 1. The molecule has 1 aromatic heterocycles. The molecule has 3 aromatic rings. The molecule has 0 fully saturated rings. The van der Waals surface area contributed by atoms with Crippen molar-refractivity contribution in [2.24, 2.45) is 5.92 Å². The van der Waals surface area contributed by atoms with Crippen LogP contribution in [-0.2, 0) is 4.79 Å². The van der Waals surface area contributed by atoms with Crippen LogP contribution in [0, 0.1) is 19.8 Å². The molecule has 6 heteroatoms. The normalized spacial score (nSPS) is 13.3. The summed E-state index contributed by atoms with van der Waals surface area (Å²) in [7, 11) is 1.51. The Morgan fingerprint density at radius 2 is 1.80 bits per heavy atom. The van der Waals surface area contributed by atoms with Gasteiger partial charge >= 0.3 is 5.97 Å². The third kappa shape index (κ3) is 3.70. The molecule has 0 saturated carbocycles. The molecule has 5 nitrogen and oxygen atoms in total. The van der Waals surface area contributed by atoms with Gasteiger partial charge in [-0.05, 0) is 49.6 Å². The third-order valence-corrected chi connectivity index (χ3v) is 6.11. The van der Waals surface area contributed by atoms with E-state index in [1.807, 2.05) is 32.9 Å². The van der Waals surface area contributed by atoms with E-state index in [4.69, 9.17) is 16.3 Å². The summed E-state index contributed by atoms with van der Waals surface area (Å²) in [6, 6.07) is 10.7. The molecule has 1 heterocycles. The quantitative estimate of drug-likeness (QED) is 0.537. The highest BCUT2D eigenvalue weighted by Crippen LogP contribution is 2.41. The third-order valence-electron chi connectivity index (χ3n) is 5.82. The summed E-state index contributed by atoms with van der Waals surface area (Å²) in [6.07, 6.45) is 0.694. The van der Waals surface area contributed by atoms with Gasteiger partial charge in [0.1, 0.15) is 5.75 Å². The molecule has 0 spiro atoms. The number of carbonyl (C=O) groups excluding carboxylic acids is 1. The molecule has 158 valence electrons. The molecule has 1 unspecified atom stereocenters. The van der Waals surface area contributed by atoms with Crippen molar-refractivity contribution in [2.75, 3.05) is 7.11 Å². The summed E-state index contributed by atoms with van der Waals surface area (Å²) < 4.78 is 6.94. The number of carbonyl (C=O) groups is 2. The SMILES string of the molecule is CC[C@@H](C)C(C(=O)O)c1c(C)n(C(=O)c2ccc(C)cc2)c2cc(Cl)c(OC)cc12. The van der Waals surface area contributed by atoms with Crippen molar-refractivity contribution in [3.8, 4) is 5.75 Å². The van der Waals surface area contributed by atoms with Gasteiger partial charge in [0.2, 0.25) is 0 Å². The van der Waals surface area contributed by atoms with Gasteiger partial charge < -0.3 is 9.84 Å². The fourth-order valence-corrected chi connectivity index (χ4v) is 4.20. The van der Waals surface area contributed by atoms with Crippen LogP contribution in [0.25, 0.3) is 10.9 Å². The van der Waals surface area contributed by atoms with Gasteiger partial charge in [-0.3, -0.25) is 14.2 Å². The monoisotopic (exact) mass is 427 g/mol. The zero-order valence-corrected chi connectivity index (χ0v) is 18.6. The Morgan fingerprint density at radius 3 is 2.33 bits per heavy atom. The summed E-state index contributed by atoms with van der Waals surface area (Å²) >= 11 is 6.37. The fourth-order valence-electron chi connectivity index (χ4n) is 3.96. The van der Waals surface area contributed by atoms with E-state index in [0.29, 0.717) is 44.9 Å². The molecule has 0 aliphatic carbocycles. The minimum absolute atomic E-state index is 0.114. The van der Waals surface area contributed by atoms with Gasteiger partial charge in [-0.25, -0.2) is 0 Å². The van der Waals surface area contributed by atoms with Gasteiger partial charge in [-0.1, -0.05) is 49.6 Å². The number of carboxylic acids is 1. The first kappa shape index (κ1) is 21.9. The summed E-state index contributed by atoms with van der Waals surface area (Å²) in [5.41, 5.74) is 3.38. The van der Waals surface area contributed by atoms with Gasteiger partial charge in [0, 0.05) is 16.6 Å². The zero-order chi connectivity index (χ0) is 22.2. The maximum Gasteiger partial charge on any atom is 0.311 e. The Morgan fingerprint density at radius 1 is 1.17 bits per heavy atom. The van der Waals surface area contributed by atoms with Crippen molar-refractivity contribution in [1.82, 2.24) is 4.57 Å². The Bertz CT molecular complexity index is 1110. The first-order valence-electron chi connectivity index (χ1n) is 9.93. The largest absolute Gasteiger partial charge is 0.495 e. The molecule has 30 heavy (non-hydrogen) atoms. The second-order valence-electron chi connectivity index (χ2n) is 7.71. The van der Waals surface area contributed by atoms with Gasteiger partial charge in [0.05, 0.1) is 23.6 Å². The summed E-state index contributed by atoms with van der Waals surface area (Å²) in [6.45, 7) is 7.62. The van der Waals surface area contributed by atoms with E-state index in [2.05, 4.69) is 0 Å². The molecule has 3 rings (SSSR count). The Balaban J connectivity index is 2.36. The molecule has 2 aromatic carbocycles. The lowest BCUT2D eigenvalue weighted by Gasteiger charge is -2.20. The van der Waals surface area contributed by atoms with Crippen LogP contribution in [0.1, 0.15) is 53.4 Å². The number of aryl methyl sites for hydroxylation is 1. The van der Waals surface area contributed by atoms with E-state index in [0.717, 1.165) is 5.56 Å². The zero-order valence-electron chi connectivity index (χ0n) is 17.8. The Hall–Kier alpha value is -2.79. The predicted octanol–water partition coefficient (Wildman–Crippen LogP) is 5.82. The van der Waals surface area contributed by atoms with Crippen molar-refractivity contribution >= 4 is 34.4 Å². The molecular weight excluding hydrogens is 402 g/mol. The van der Waals surface area contributed by atoms with Crippen LogP contribution < -0.4 is 4.74 Å². The smallest absolute Gasteiger partial charge is 0.311 e. The summed E-state index contributed by atoms with van der Waals surface area (Å²) in [4.78, 5) is 25.7. The number of benzene rings is 2. The lowest BCUT2D eigenvalue weighted by atomic mass is 9.84.